The van der Waals surface area contributed by atoms with Gasteiger partial charge in [0.25, 0.3) is 0 Å². The number of rotatable bonds is 3. The summed E-state index contributed by atoms with van der Waals surface area (Å²) < 4.78 is 18.6. The summed E-state index contributed by atoms with van der Waals surface area (Å²) in [5.74, 6) is 0.158. The summed E-state index contributed by atoms with van der Waals surface area (Å²) in [7, 11) is 0. The third kappa shape index (κ3) is 2.62. The van der Waals surface area contributed by atoms with E-state index < -0.39 is 0 Å². The average Bonchev–Trinajstić information content (AvgIpc) is 2.31. The number of nitrogens with two attached hydrogens (primary N) is 1. The van der Waals surface area contributed by atoms with E-state index in [1.807, 2.05) is 32.0 Å². The Labute approximate surface area is 106 Å². The molecule has 2 aromatic rings. The van der Waals surface area contributed by atoms with Crippen LogP contribution in [0, 0.1) is 19.7 Å². The second-order valence-electron chi connectivity index (χ2n) is 4.34. The van der Waals surface area contributed by atoms with Gasteiger partial charge in [-0.2, -0.15) is 0 Å². The topological polar surface area (TPSA) is 35.2 Å². The van der Waals surface area contributed by atoms with Gasteiger partial charge in [-0.25, -0.2) is 4.39 Å². The molecule has 0 aliphatic rings. The maximum atomic E-state index is 12.9. The first-order valence-corrected chi connectivity index (χ1v) is 5.81. The van der Waals surface area contributed by atoms with E-state index in [-0.39, 0.29) is 5.82 Å². The van der Waals surface area contributed by atoms with Crippen molar-refractivity contribution >= 4 is 5.69 Å². The highest BCUT2D eigenvalue weighted by Gasteiger charge is 2.06. The van der Waals surface area contributed by atoms with E-state index >= 15 is 0 Å². The first-order valence-electron chi connectivity index (χ1n) is 5.81. The predicted molar refractivity (Wildman–Crippen MR) is 71.1 cm³/mol. The van der Waals surface area contributed by atoms with Crippen molar-refractivity contribution in [2.24, 2.45) is 0 Å². The Hall–Kier alpha value is -2.03. The van der Waals surface area contributed by atoms with Crippen LogP contribution in [0.2, 0.25) is 0 Å². The van der Waals surface area contributed by atoms with E-state index in [0.717, 1.165) is 5.56 Å². The minimum absolute atomic E-state index is 0.321. The molecule has 0 aliphatic heterocycles. The molecule has 0 saturated carbocycles. The van der Waals surface area contributed by atoms with Crippen LogP contribution in [0.4, 0.5) is 10.1 Å². The van der Waals surface area contributed by atoms with Gasteiger partial charge in [0.05, 0.1) is 5.69 Å². The zero-order valence-corrected chi connectivity index (χ0v) is 10.5. The van der Waals surface area contributed by atoms with Crippen LogP contribution < -0.4 is 10.5 Å². The Morgan fingerprint density at radius 3 is 2.39 bits per heavy atom. The van der Waals surface area contributed by atoms with Gasteiger partial charge in [0.1, 0.15) is 18.2 Å². The van der Waals surface area contributed by atoms with Gasteiger partial charge in [-0.3, -0.25) is 0 Å². The monoisotopic (exact) mass is 245 g/mol. The summed E-state index contributed by atoms with van der Waals surface area (Å²) in [6.45, 7) is 4.52. The summed E-state index contributed by atoms with van der Waals surface area (Å²) in [5, 5.41) is 0. The third-order valence-corrected chi connectivity index (χ3v) is 2.99. The average molecular weight is 245 g/mol. The van der Waals surface area contributed by atoms with Gasteiger partial charge in [0.2, 0.25) is 0 Å². The summed E-state index contributed by atoms with van der Waals surface area (Å²) in [6, 6.07) is 10.3. The Bertz CT molecular complexity index is 546. The quantitative estimate of drug-likeness (QED) is 0.838. The van der Waals surface area contributed by atoms with Gasteiger partial charge in [-0.15, -0.1) is 0 Å². The Balaban J connectivity index is 2.16. The molecule has 2 rings (SSSR count). The zero-order chi connectivity index (χ0) is 13.1. The SMILES string of the molecule is Cc1cccc(C)c1COc1ccc(F)cc1N. The number of aryl methyl sites for hydroxylation is 2. The fourth-order valence-electron chi connectivity index (χ4n) is 1.88. The maximum Gasteiger partial charge on any atom is 0.142 e. The molecule has 18 heavy (non-hydrogen) atoms. The minimum Gasteiger partial charge on any atom is -0.487 e. The van der Waals surface area contributed by atoms with Crippen LogP contribution in [-0.4, -0.2) is 0 Å². The lowest BCUT2D eigenvalue weighted by molar-refractivity contribution is 0.306. The lowest BCUT2D eigenvalue weighted by Crippen LogP contribution is -2.02. The first kappa shape index (κ1) is 12.4. The zero-order valence-electron chi connectivity index (χ0n) is 10.5. The van der Waals surface area contributed by atoms with Crippen molar-refractivity contribution in [1.29, 1.82) is 0 Å². The lowest BCUT2D eigenvalue weighted by Gasteiger charge is -2.12. The highest BCUT2D eigenvalue weighted by molar-refractivity contribution is 5.52. The molecule has 0 saturated heterocycles. The summed E-state index contributed by atoms with van der Waals surface area (Å²) in [6.07, 6.45) is 0. The molecule has 0 aromatic heterocycles. The first-order chi connectivity index (χ1) is 8.58. The molecule has 0 spiro atoms. The number of ether oxygens (including phenoxy) is 1. The van der Waals surface area contributed by atoms with E-state index in [1.165, 1.54) is 23.3 Å². The number of hydrogen-bond donors (Lipinski definition) is 1. The molecule has 0 radical (unpaired) electrons. The summed E-state index contributed by atoms with van der Waals surface area (Å²) >= 11 is 0. The predicted octanol–water partition coefficient (Wildman–Crippen LogP) is 3.60. The lowest BCUT2D eigenvalue weighted by atomic mass is 10.0. The number of hydrogen-bond acceptors (Lipinski definition) is 2. The second kappa shape index (κ2) is 5.08. The van der Waals surface area contributed by atoms with E-state index in [9.17, 15) is 4.39 Å². The smallest absolute Gasteiger partial charge is 0.142 e. The standard InChI is InChI=1S/C15H16FNO/c1-10-4-3-5-11(2)13(10)9-18-15-7-6-12(16)8-14(15)17/h3-8H,9,17H2,1-2H3. The molecule has 0 fully saturated rings. The summed E-state index contributed by atoms with van der Waals surface area (Å²) in [4.78, 5) is 0. The number of nitrogen functional groups attached to an aromatic ring is 1. The maximum absolute atomic E-state index is 12.9. The molecule has 0 bridgehead atoms. The van der Waals surface area contributed by atoms with Crippen LogP contribution in [0.5, 0.6) is 5.75 Å². The fourth-order valence-corrected chi connectivity index (χ4v) is 1.88. The van der Waals surface area contributed by atoms with Gasteiger partial charge in [0, 0.05) is 6.07 Å². The molecule has 0 heterocycles. The molecule has 0 atom stereocenters. The Morgan fingerprint density at radius 2 is 1.78 bits per heavy atom. The molecule has 94 valence electrons. The van der Waals surface area contributed by atoms with Crippen molar-refractivity contribution in [2.45, 2.75) is 20.5 Å². The van der Waals surface area contributed by atoms with Crippen molar-refractivity contribution < 1.29 is 9.13 Å². The number of benzene rings is 2. The van der Waals surface area contributed by atoms with Crippen molar-refractivity contribution in [1.82, 2.24) is 0 Å². The van der Waals surface area contributed by atoms with Crippen molar-refractivity contribution in [3.8, 4) is 5.75 Å². The van der Waals surface area contributed by atoms with Crippen LogP contribution in [0.1, 0.15) is 16.7 Å². The minimum atomic E-state index is -0.355. The fraction of sp³-hybridized carbons (Fsp3) is 0.200. The molecule has 0 unspecified atom stereocenters. The molecule has 0 amide bonds. The van der Waals surface area contributed by atoms with Gasteiger partial charge < -0.3 is 10.5 Å². The van der Waals surface area contributed by atoms with E-state index in [4.69, 9.17) is 10.5 Å². The van der Waals surface area contributed by atoms with Gasteiger partial charge >= 0.3 is 0 Å². The molecular weight excluding hydrogens is 229 g/mol. The molecule has 3 heteroatoms. The highest BCUT2D eigenvalue weighted by atomic mass is 19.1. The Kier molecular flexibility index (Phi) is 3.51. The van der Waals surface area contributed by atoms with Crippen LogP contribution in [-0.2, 0) is 6.61 Å². The van der Waals surface area contributed by atoms with E-state index in [0.29, 0.717) is 18.0 Å². The van der Waals surface area contributed by atoms with Crippen LogP contribution in [0.15, 0.2) is 36.4 Å². The molecular formula is C15H16FNO. The van der Waals surface area contributed by atoms with Gasteiger partial charge in [-0.05, 0) is 42.7 Å². The third-order valence-electron chi connectivity index (χ3n) is 2.99. The number of halogens is 1. The molecule has 2 N–H and O–H groups in total. The summed E-state index contributed by atoms with van der Waals surface area (Å²) in [5.41, 5.74) is 9.51. The van der Waals surface area contributed by atoms with E-state index in [1.54, 1.807) is 6.07 Å². The van der Waals surface area contributed by atoms with Crippen molar-refractivity contribution in [3.63, 3.8) is 0 Å². The molecule has 0 aliphatic carbocycles. The Morgan fingerprint density at radius 1 is 1.11 bits per heavy atom. The van der Waals surface area contributed by atoms with Gasteiger partial charge in [-0.1, -0.05) is 18.2 Å². The molecule has 2 aromatic carbocycles. The second-order valence-corrected chi connectivity index (χ2v) is 4.34. The normalized spacial score (nSPS) is 10.4. The highest BCUT2D eigenvalue weighted by Crippen LogP contribution is 2.24. The largest absolute Gasteiger partial charge is 0.487 e. The van der Waals surface area contributed by atoms with Crippen LogP contribution in [0.3, 0.4) is 0 Å². The van der Waals surface area contributed by atoms with Crippen molar-refractivity contribution in [3.05, 3.63) is 58.9 Å². The van der Waals surface area contributed by atoms with Crippen molar-refractivity contribution in [2.75, 3.05) is 5.73 Å². The number of anilines is 1. The van der Waals surface area contributed by atoms with Crippen LogP contribution in [0.25, 0.3) is 0 Å². The molecule has 2 nitrogen and oxygen atoms in total. The van der Waals surface area contributed by atoms with Gasteiger partial charge in [0.15, 0.2) is 0 Å². The van der Waals surface area contributed by atoms with Crippen LogP contribution >= 0.6 is 0 Å². The van der Waals surface area contributed by atoms with E-state index in [2.05, 4.69) is 0 Å².